The molecule has 2 nitrogen and oxygen atoms in total. The zero-order chi connectivity index (χ0) is 13.7. The lowest BCUT2D eigenvalue weighted by Gasteiger charge is -2.29. The van der Waals surface area contributed by atoms with Crippen molar-refractivity contribution in [2.24, 2.45) is 11.8 Å². The molecular weight excluding hydrogens is 244 g/mol. The average Bonchev–Trinajstić information content (AvgIpc) is 2.26. The van der Waals surface area contributed by atoms with E-state index in [9.17, 15) is 5.26 Å². The Morgan fingerprint density at radius 2 is 1.72 bits per heavy atom. The standard InChI is InChI=1S/C15H21ClN2/c1-11(2)9-18(10-12(3)4)15-7-5-6-14(16)13(15)8-17/h5-7,11-12H,9-10H2,1-4H3. The van der Waals surface area contributed by atoms with Crippen molar-refractivity contribution in [3.63, 3.8) is 0 Å². The number of nitrogens with zero attached hydrogens (tertiary/aromatic N) is 2. The fraction of sp³-hybridized carbons (Fsp3) is 0.533. The van der Waals surface area contributed by atoms with Gasteiger partial charge in [0.15, 0.2) is 0 Å². The maximum absolute atomic E-state index is 9.26. The lowest BCUT2D eigenvalue weighted by atomic mass is 10.1. The highest BCUT2D eigenvalue weighted by molar-refractivity contribution is 6.32. The van der Waals surface area contributed by atoms with E-state index in [2.05, 4.69) is 38.7 Å². The molecular formula is C15H21ClN2. The van der Waals surface area contributed by atoms with Crippen LogP contribution >= 0.6 is 11.6 Å². The summed E-state index contributed by atoms with van der Waals surface area (Å²) >= 11 is 6.10. The molecule has 0 saturated heterocycles. The third kappa shape index (κ3) is 3.92. The van der Waals surface area contributed by atoms with Gasteiger partial charge in [0.1, 0.15) is 6.07 Å². The molecule has 0 aliphatic heterocycles. The summed E-state index contributed by atoms with van der Waals surface area (Å²) in [5, 5.41) is 9.79. The molecule has 0 N–H and O–H groups in total. The Kier molecular flexibility index (Phi) is 5.50. The molecule has 0 atom stereocenters. The molecule has 0 aromatic heterocycles. The fourth-order valence-electron chi connectivity index (χ4n) is 2.04. The van der Waals surface area contributed by atoms with Crippen LogP contribution in [0.15, 0.2) is 18.2 Å². The van der Waals surface area contributed by atoms with Gasteiger partial charge in [0.05, 0.1) is 16.3 Å². The van der Waals surface area contributed by atoms with Crippen LogP contribution in [-0.4, -0.2) is 13.1 Å². The van der Waals surface area contributed by atoms with Crippen molar-refractivity contribution in [1.82, 2.24) is 0 Å². The molecule has 1 rings (SSSR count). The predicted octanol–water partition coefficient (Wildman–Crippen LogP) is 4.33. The summed E-state index contributed by atoms with van der Waals surface area (Å²) in [6.45, 7) is 10.6. The first-order chi connectivity index (χ1) is 8.45. The molecule has 0 aliphatic carbocycles. The minimum absolute atomic E-state index is 0.535. The molecule has 0 heterocycles. The molecule has 0 saturated carbocycles. The third-order valence-electron chi connectivity index (χ3n) is 2.62. The highest BCUT2D eigenvalue weighted by Crippen LogP contribution is 2.28. The number of anilines is 1. The highest BCUT2D eigenvalue weighted by Gasteiger charge is 2.15. The van der Waals surface area contributed by atoms with Crippen molar-refractivity contribution in [2.45, 2.75) is 27.7 Å². The van der Waals surface area contributed by atoms with Crippen LogP contribution in [0.2, 0.25) is 5.02 Å². The van der Waals surface area contributed by atoms with Gasteiger partial charge in [-0.1, -0.05) is 45.4 Å². The predicted molar refractivity (Wildman–Crippen MR) is 78.1 cm³/mol. The smallest absolute Gasteiger partial charge is 0.103 e. The second kappa shape index (κ2) is 6.66. The first kappa shape index (κ1) is 14.9. The minimum Gasteiger partial charge on any atom is -0.370 e. The molecule has 0 amide bonds. The molecule has 0 aliphatic rings. The van der Waals surface area contributed by atoms with Crippen LogP contribution in [0.5, 0.6) is 0 Å². The molecule has 18 heavy (non-hydrogen) atoms. The number of hydrogen-bond acceptors (Lipinski definition) is 2. The molecule has 1 aromatic carbocycles. The first-order valence-corrected chi connectivity index (χ1v) is 6.77. The molecule has 98 valence electrons. The van der Waals surface area contributed by atoms with Crippen molar-refractivity contribution < 1.29 is 0 Å². The SMILES string of the molecule is CC(C)CN(CC(C)C)c1cccc(Cl)c1C#N. The maximum Gasteiger partial charge on any atom is 0.103 e. The summed E-state index contributed by atoms with van der Waals surface area (Å²) in [5.41, 5.74) is 1.54. The summed E-state index contributed by atoms with van der Waals surface area (Å²) in [6, 6.07) is 7.88. The monoisotopic (exact) mass is 264 g/mol. The van der Waals surface area contributed by atoms with Crippen molar-refractivity contribution in [1.29, 1.82) is 5.26 Å². The Bertz CT molecular complexity index is 423. The van der Waals surface area contributed by atoms with E-state index in [1.165, 1.54) is 0 Å². The van der Waals surface area contributed by atoms with E-state index in [0.717, 1.165) is 18.8 Å². The van der Waals surface area contributed by atoms with E-state index in [0.29, 0.717) is 22.4 Å². The Morgan fingerprint density at radius 1 is 1.17 bits per heavy atom. The third-order valence-corrected chi connectivity index (χ3v) is 2.93. The van der Waals surface area contributed by atoms with Crippen LogP contribution in [0.1, 0.15) is 33.3 Å². The number of benzene rings is 1. The molecule has 3 heteroatoms. The van der Waals surface area contributed by atoms with Gasteiger partial charge in [-0.15, -0.1) is 0 Å². The number of halogens is 1. The largest absolute Gasteiger partial charge is 0.370 e. The molecule has 0 unspecified atom stereocenters. The van der Waals surface area contributed by atoms with Gasteiger partial charge in [-0.05, 0) is 24.0 Å². The topological polar surface area (TPSA) is 27.0 Å². The van der Waals surface area contributed by atoms with Crippen LogP contribution < -0.4 is 4.90 Å². The zero-order valence-electron chi connectivity index (χ0n) is 11.6. The molecule has 0 fully saturated rings. The number of hydrogen-bond donors (Lipinski definition) is 0. The lowest BCUT2D eigenvalue weighted by Crippen LogP contribution is -2.31. The summed E-state index contributed by atoms with van der Waals surface area (Å²) in [7, 11) is 0. The molecule has 0 radical (unpaired) electrons. The van der Waals surface area contributed by atoms with E-state index in [1.54, 1.807) is 6.07 Å². The van der Waals surface area contributed by atoms with Gasteiger partial charge < -0.3 is 4.90 Å². The van der Waals surface area contributed by atoms with Crippen LogP contribution in [0.3, 0.4) is 0 Å². The zero-order valence-corrected chi connectivity index (χ0v) is 12.3. The van der Waals surface area contributed by atoms with Crippen molar-refractivity contribution in [3.05, 3.63) is 28.8 Å². The van der Waals surface area contributed by atoms with Gasteiger partial charge in [-0.25, -0.2) is 0 Å². The Hall–Kier alpha value is -1.20. The highest BCUT2D eigenvalue weighted by atomic mass is 35.5. The summed E-state index contributed by atoms with van der Waals surface area (Å²) in [5.74, 6) is 1.10. The van der Waals surface area contributed by atoms with Crippen molar-refractivity contribution >= 4 is 17.3 Å². The lowest BCUT2D eigenvalue weighted by molar-refractivity contribution is 0.552. The minimum atomic E-state index is 0.535. The molecule has 0 spiro atoms. The van der Waals surface area contributed by atoms with Gasteiger partial charge in [-0.2, -0.15) is 5.26 Å². The number of nitriles is 1. The van der Waals surface area contributed by atoms with Crippen LogP contribution in [0.4, 0.5) is 5.69 Å². The second-order valence-electron chi connectivity index (χ2n) is 5.44. The second-order valence-corrected chi connectivity index (χ2v) is 5.85. The van der Waals surface area contributed by atoms with E-state index >= 15 is 0 Å². The average molecular weight is 265 g/mol. The Labute approximate surface area is 115 Å². The van der Waals surface area contributed by atoms with E-state index in [-0.39, 0.29) is 0 Å². The van der Waals surface area contributed by atoms with Crippen LogP contribution in [-0.2, 0) is 0 Å². The van der Waals surface area contributed by atoms with Crippen molar-refractivity contribution in [3.8, 4) is 6.07 Å². The van der Waals surface area contributed by atoms with Gasteiger partial charge in [-0.3, -0.25) is 0 Å². The van der Waals surface area contributed by atoms with Crippen LogP contribution in [0.25, 0.3) is 0 Å². The van der Waals surface area contributed by atoms with Gasteiger partial charge in [0.25, 0.3) is 0 Å². The summed E-state index contributed by atoms with van der Waals surface area (Å²) < 4.78 is 0. The van der Waals surface area contributed by atoms with Crippen molar-refractivity contribution in [2.75, 3.05) is 18.0 Å². The van der Waals surface area contributed by atoms with E-state index in [1.807, 2.05) is 12.1 Å². The summed E-state index contributed by atoms with van der Waals surface area (Å²) in [4.78, 5) is 2.26. The number of rotatable bonds is 5. The fourth-order valence-corrected chi connectivity index (χ4v) is 2.25. The summed E-state index contributed by atoms with van der Waals surface area (Å²) in [6.07, 6.45) is 0. The normalized spacial score (nSPS) is 10.8. The molecule has 1 aromatic rings. The quantitative estimate of drug-likeness (QED) is 0.791. The Morgan fingerprint density at radius 3 is 2.17 bits per heavy atom. The maximum atomic E-state index is 9.26. The van der Waals surface area contributed by atoms with Gasteiger partial charge in [0.2, 0.25) is 0 Å². The Balaban J connectivity index is 3.12. The van der Waals surface area contributed by atoms with Gasteiger partial charge in [0, 0.05) is 13.1 Å². The van der Waals surface area contributed by atoms with Gasteiger partial charge >= 0.3 is 0 Å². The molecule has 0 bridgehead atoms. The van der Waals surface area contributed by atoms with E-state index in [4.69, 9.17) is 11.6 Å². The first-order valence-electron chi connectivity index (χ1n) is 6.39. The van der Waals surface area contributed by atoms with Crippen LogP contribution in [0, 0.1) is 23.2 Å². The van der Waals surface area contributed by atoms with E-state index < -0.39 is 0 Å².